The van der Waals surface area contributed by atoms with Crippen LogP contribution in [0.4, 0.5) is 0 Å². The van der Waals surface area contributed by atoms with E-state index in [-0.39, 0.29) is 0 Å². The van der Waals surface area contributed by atoms with E-state index in [2.05, 4.69) is 5.10 Å². The van der Waals surface area contributed by atoms with Crippen LogP contribution < -0.4 is 4.80 Å². The molecule has 1 aromatic heterocycles. The first kappa shape index (κ1) is 12.6. The lowest BCUT2D eigenvalue weighted by Crippen LogP contribution is -2.11. The topological polar surface area (TPSA) is 41.7 Å². The summed E-state index contributed by atoms with van der Waals surface area (Å²) in [6.07, 6.45) is 3.95. The number of hydrogen-bond acceptors (Lipinski definition) is 3. The molecule has 3 nitrogen and oxygen atoms in total. The van der Waals surface area contributed by atoms with Gasteiger partial charge in [-0.1, -0.05) is 65.9 Å². The SMILES string of the molecule is N=c1sc(/C=C/c2ccccc2)nn1-c1ccccc1. The number of benzene rings is 2. The van der Waals surface area contributed by atoms with E-state index in [9.17, 15) is 0 Å². The minimum Gasteiger partial charge on any atom is -0.273 e. The summed E-state index contributed by atoms with van der Waals surface area (Å²) in [5, 5.41) is 13.3. The predicted octanol–water partition coefficient (Wildman–Crippen LogP) is 3.58. The van der Waals surface area contributed by atoms with Gasteiger partial charge in [-0.05, 0) is 23.8 Å². The maximum Gasteiger partial charge on any atom is 0.205 e. The first-order chi connectivity index (χ1) is 9.83. The average Bonchev–Trinajstić information content (AvgIpc) is 2.88. The molecule has 0 unspecified atom stereocenters. The molecule has 0 aliphatic heterocycles. The Balaban J connectivity index is 1.90. The summed E-state index contributed by atoms with van der Waals surface area (Å²) in [5.41, 5.74) is 2.04. The molecule has 0 amide bonds. The highest BCUT2D eigenvalue weighted by atomic mass is 32.1. The summed E-state index contributed by atoms with van der Waals surface area (Å²) in [4.78, 5) is 0.420. The lowest BCUT2D eigenvalue weighted by molar-refractivity contribution is 0.818. The Bertz CT molecular complexity index is 770. The van der Waals surface area contributed by atoms with Gasteiger partial charge < -0.3 is 0 Å². The molecule has 2 aromatic carbocycles. The molecule has 0 saturated carbocycles. The summed E-state index contributed by atoms with van der Waals surface area (Å²) in [5.74, 6) is 0. The van der Waals surface area contributed by atoms with Gasteiger partial charge in [-0.2, -0.15) is 5.10 Å². The maximum atomic E-state index is 8.00. The fourth-order valence-electron chi connectivity index (χ4n) is 1.85. The highest BCUT2D eigenvalue weighted by molar-refractivity contribution is 7.09. The smallest absolute Gasteiger partial charge is 0.205 e. The Hall–Kier alpha value is -2.46. The fourth-order valence-corrected chi connectivity index (χ4v) is 2.54. The molecule has 0 radical (unpaired) electrons. The van der Waals surface area contributed by atoms with Gasteiger partial charge >= 0.3 is 0 Å². The molecule has 0 bridgehead atoms. The molecule has 0 aliphatic carbocycles. The van der Waals surface area contributed by atoms with E-state index in [4.69, 9.17) is 5.41 Å². The van der Waals surface area contributed by atoms with Crippen molar-refractivity contribution in [3.05, 3.63) is 76.0 Å². The van der Waals surface area contributed by atoms with Crippen molar-refractivity contribution in [1.29, 1.82) is 5.41 Å². The standard InChI is InChI=1S/C16H13N3S/c17-16-19(14-9-5-2-6-10-14)18-15(20-16)12-11-13-7-3-1-4-8-13/h1-12,17H/b12-11+,17-16?. The van der Waals surface area contributed by atoms with Crippen molar-refractivity contribution in [2.75, 3.05) is 0 Å². The van der Waals surface area contributed by atoms with Crippen molar-refractivity contribution in [1.82, 2.24) is 9.78 Å². The van der Waals surface area contributed by atoms with Crippen molar-refractivity contribution in [3.8, 4) is 5.69 Å². The van der Waals surface area contributed by atoms with Gasteiger partial charge in [0.25, 0.3) is 0 Å². The Labute approximate surface area is 121 Å². The molecular weight excluding hydrogens is 266 g/mol. The van der Waals surface area contributed by atoms with Crippen LogP contribution in [-0.4, -0.2) is 9.78 Å². The lowest BCUT2D eigenvalue weighted by Gasteiger charge is -1.98. The third-order valence-corrected chi connectivity index (χ3v) is 3.60. The number of para-hydroxylation sites is 1. The van der Waals surface area contributed by atoms with Crippen molar-refractivity contribution >= 4 is 23.5 Å². The van der Waals surface area contributed by atoms with E-state index < -0.39 is 0 Å². The van der Waals surface area contributed by atoms with Crippen LogP contribution in [-0.2, 0) is 0 Å². The Kier molecular flexibility index (Phi) is 3.56. The van der Waals surface area contributed by atoms with Crippen LogP contribution in [0.2, 0.25) is 0 Å². The summed E-state index contributed by atoms with van der Waals surface area (Å²) in [6, 6.07) is 19.8. The van der Waals surface area contributed by atoms with E-state index >= 15 is 0 Å². The van der Waals surface area contributed by atoms with Gasteiger partial charge in [0.15, 0.2) is 0 Å². The zero-order valence-electron chi connectivity index (χ0n) is 10.7. The Morgan fingerprint density at radius 3 is 2.25 bits per heavy atom. The summed E-state index contributed by atoms with van der Waals surface area (Å²) < 4.78 is 1.65. The minimum atomic E-state index is 0.420. The van der Waals surface area contributed by atoms with Crippen LogP contribution in [0, 0.1) is 5.41 Å². The second-order valence-corrected chi connectivity index (χ2v) is 5.25. The van der Waals surface area contributed by atoms with Crippen molar-refractivity contribution in [2.45, 2.75) is 0 Å². The Morgan fingerprint density at radius 1 is 0.900 bits per heavy atom. The van der Waals surface area contributed by atoms with Gasteiger partial charge in [0.1, 0.15) is 5.01 Å². The van der Waals surface area contributed by atoms with E-state index in [0.717, 1.165) is 16.3 Å². The molecule has 1 heterocycles. The maximum absolute atomic E-state index is 8.00. The molecule has 0 atom stereocenters. The Morgan fingerprint density at radius 2 is 1.55 bits per heavy atom. The van der Waals surface area contributed by atoms with Crippen molar-refractivity contribution in [3.63, 3.8) is 0 Å². The normalized spacial score (nSPS) is 11.0. The first-order valence-electron chi connectivity index (χ1n) is 6.26. The van der Waals surface area contributed by atoms with Crippen LogP contribution >= 0.6 is 11.3 Å². The third-order valence-electron chi connectivity index (χ3n) is 2.81. The summed E-state index contributed by atoms with van der Waals surface area (Å²) >= 11 is 1.36. The van der Waals surface area contributed by atoms with Crippen molar-refractivity contribution in [2.24, 2.45) is 0 Å². The van der Waals surface area contributed by atoms with Gasteiger partial charge in [-0.15, -0.1) is 0 Å². The minimum absolute atomic E-state index is 0.420. The first-order valence-corrected chi connectivity index (χ1v) is 7.08. The number of nitrogens with zero attached hydrogens (tertiary/aromatic N) is 2. The largest absolute Gasteiger partial charge is 0.273 e. The van der Waals surface area contributed by atoms with Crippen LogP contribution in [0.25, 0.3) is 17.8 Å². The second kappa shape index (κ2) is 5.67. The molecule has 98 valence electrons. The van der Waals surface area contributed by atoms with Gasteiger partial charge in [0, 0.05) is 0 Å². The molecule has 0 spiro atoms. The predicted molar refractivity (Wildman–Crippen MR) is 82.7 cm³/mol. The zero-order valence-corrected chi connectivity index (χ0v) is 11.5. The molecule has 4 heteroatoms. The van der Waals surface area contributed by atoms with E-state index in [0.29, 0.717) is 4.80 Å². The van der Waals surface area contributed by atoms with Crippen LogP contribution in [0.1, 0.15) is 10.6 Å². The molecule has 0 aliphatic rings. The molecule has 3 aromatic rings. The number of aromatic nitrogens is 2. The number of nitrogens with one attached hydrogen (secondary N) is 1. The average molecular weight is 279 g/mol. The molecule has 0 fully saturated rings. The van der Waals surface area contributed by atoms with E-state index in [1.54, 1.807) is 4.68 Å². The van der Waals surface area contributed by atoms with Crippen LogP contribution in [0.5, 0.6) is 0 Å². The monoisotopic (exact) mass is 279 g/mol. The molecule has 1 N–H and O–H groups in total. The third kappa shape index (κ3) is 2.75. The quantitative estimate of drug-likeness (QED) is 0.782. The summed E-state index contributed by atoms with van der Waals surface area (Å²) in [7, 11) is 0. The lowest BCUT2D eigenvalue weighted by atomic mass is 10.2. The highest BCUT2D eigenvalue weighted by Gasteiger charge is 2.02. The van der Waals surface area contributed by atoms with Gasteiger partial charge in [-0.25, -0.2) is 4.68 Å². The highest BCUT2D eigenvalue weighted by Crippen LogP contribution is 2.10. The van der Waals surface area contributed by atoms with E-state index in [1.165, 1.54) is 11.3 Å². The molecule has 20 heavy (non-hydrogen) atoms. The van der Waals surface area contributed by atoms with Crippen LogP contribution in [0.15, 0.2) is 60.7 Å². The van der Waals surface area contributed by atoms with Crippen molar-refractivity contribution < 1.29 is 0 Å². The van der Waals surface area contributed by atoms with Crippen LogP contribution in [0.3, 0.4) is 0 Å². The summed E-state index contributed by atoms with van der Waals surface area (Å²) in [6.45, 7) is 0. The van der Waals surface area contributed by atoms with Gasteiger partial charge in [0.2, 0.25) is 4.80 Å². The number of rotatable bonds is 3. The van der Waals surface area contributed by atoms with E-state index in [1.807, 2.05) is 72.8 Å². The molecular formula is C16H13N3S. The second-order valence-electron chi connectivity index (χ2n) is 4.24. The fraction of sp³-hybridized carbons (Fsp3) is 0. The molecule has 3 rings (SSSR count). The van der Waals surface area contributed by atoms with Gasteiger partial charge in [-0.3, -0.25) is 5.41 Å². The molecule has 0 saturated heterocycles. The van der Waals surface area contributed by atoms with Gasteiger partial charge in [0.05, 0.1) is 5.69 Å². The zero-order chi connectivity index (χ0) is 13.8. The number of hydrogen-bond donors (Lipinski definition) is 1.